The van der Waals surface area contributed by atoms with Gasteiger partial charge in [0, 0.05) is 37.1 Å². The zero-order chi connectivity index (χ0) is 16.5. The predicted molar refractivity (Wildman–Crippen MR) is 93.5 cm³/mol. The Bertz CT molecular complexity index is 938. The van der Waals surface area contributed by atoms with Gasteiger partial charge in [-0.25, -0.2) is 9.98 Å². The summed E-state index contributed by atoms with van der Waals surface area (Å²) >= 11 is 3.61. The van der Waals surface area contributed by atoms with Gasteiger partial charge in [0.25, 0.3) is 5.62 Å². The Morgan fingerprint density at radius 2 is 2.29 bits per heavy atom. The van der Waals surface area contributed by atoms with Crippen LogP contribution in [0.2, 0.25) is 0 Å². The normalized spacial score (nSPS) is 14.3. The monoisotopic (exact) mass is 386 g/mol. The van der Waals surface area contributed by atoms with E-state index in [0.29, 0.717) is 17.1 Å². The Kier molecular flexibility index (Phi) is 3.89. The van der Waals surface area contributed by atoms with Crippen LogP contribution in [0.4, 0.5) is 11.5 Å². The van der Waals surface area contributed by atoms with Crippen molar-refractivity contribution in [1.82, 2.24) is 19.5 Å². The third-order valence-electron chi connectivity index (χ3n) is 3.87. The fraction of sp³-hybridized carbons (Fsp3) is 0.250. The molecule has 3 aliphatic heterocycles. The average molecular weight is 387 g/mol. The van der Waals surface area contributed by atoms with Gasteiger partial charge in [-0.05, 0) is 28.4 Å². The highest BCUT2D eigenvalue weighted by Gasteiger charge is 2.18. The first-order valence-electron chi connectivity index (χ1n) is 7.59. The van der Waals surface area contributed by atoms with Crippen molar-refractivity contribution >= 4 is 27.4 Å². The molecule has 0 fully saturated rings. The summed E-state index contributed by atoms with van der Waals surface area (Å²) < 4.78 is 8.47. The molecule has 1 N–H and O–H groups in total. The number of hydrogen-bond acceptors (Lipinski definition) is 6. The van der Waals surface area contributed by atoms with Gasteiger partial charge in [0.1, 0.15) is 23.1 Å². The van der Waals surface area contributed by atoms with E-state index in [1.54, 1.807) is 31.8 Å². The first-order chi connectivity index (χ1) is 11.8. The molecule has 0 saturated carbocycles. The number of methoxy groups -OCH3 is 1. The van der Waals surface area contributed by atoms with Crippen molar-refractivity contribution in [1.29, 1.82) is 0 Å². The lowest BCUT2D eigenvalue weighted by atomic mass is 10.2. The van der Waals surface area contributed by atoms with E-state index in [4.69, 9.17) is 4.74 Å². The molecule has 0 unspecified atom stereocenters. The minimum absolute atomic E-state index is 0.386. The SMILES string of the molecule is COc1ccncc1N=c1ncc2cc(Br)c3n(c-2n1)CCCN3. The van der Waals surface area contributed by atoms with Crippen molar-refractivity contribution in [3.05, 3.63) is 40.8 Å². The largest absolute Gasteiger partial charge is 0.494 e. The van der Waals surface area contributed by atoms with E-state index in [0.717, 1.165) is 41.2 Å². The number of fused-ring (bicyclic) bond motifs is 3. The van der Waals surface area contributed by atoms with Gasteiger partial charge in [-0.1, -0.05) is 0 Å². The number of nitrogens with one attached hydrogen (secondary N) is 1. The number of nitrogens with zero attached hydrogens (tertiary/aromatic N) is 5. The highest BCUT2D eigenvalue weighted by molar-refractivity contribution is 9.10. The lowest BCUT2D eigenvalue weighted by Crippen LogP contribution is -2.24. The maximum Gasteiger partial charge on any atom is 0.252 e. The van der Waals surface area contributed by atoms with Crippen molar-refractivity contribution in [2.24, 2.45) is 4.99 Å². The van der Waals surface area contributed by atoms with Crippen LogP contribution >= 0.6 is 15.9 Å². The maximum atomic E-state index is 5.30. The topological polar surface area (TPSA) is 77.2 Å². The molecule has 0 bridgehead atoms. The maximum absolute atomic E-state index is 5.30. The first-order valence-corrected chi connectivity index (χ1v) is 8.38. The summed E-state index contributed by atoms with van der Waals surface area (Å²) in [5, 5.41) is 3.41. The second-order valence-electron chi connectivity index (χ2n) is 5.38. The van der Waals surface area contributed by atoms with Crippen LogP contribution < -0.4 is 15.7 Å². The van der Waals surface area contributed by atoms with Gasteiger partial charge in [0.05, 0.1) is 17.8 Å². The fourth-order valence-electron chi connectivity index (χ4n) is 2.76. The zero-order valence-electron chi connectivity index (χ0n) is 13.0. The lowest BCUT2D eigenvalue weighted by molar-refractivity contribution is 0.415. The summed E-state index contributed by atoms with van der Waals surface area (Å²) in [5.41, 5.74) is 1.95. The van der Waals surface area contributed by atoms with Gasteiger partial charge in [0.15, 0.2) is 0 Å². The molecule has 4 rings (SSSR count). The Labute approximate surface area is 146 Å². The number of ether oxygens (including phenoxy) is 1. The van der Waals surface area contributed by atoms with E-state index in [9.17, 15) is 0 Å². The smallest absolute Gasteiger partial charge is 0.252 e. The average Bonchev–Trinajstić information content (AvgIpc) is 2.63. The van der Waals surface area contributed by atoms with Crippen molar-refractivity contribution in [2.45, 2.75) is 13.0 Å². The summed E-state index contributed by atoms with van der Waals surface area (Å²) in [6.07, 6.45) is 6.14. The van der Waals surface area contributed by atoms with Crippen LogP contribution in [0.25, 0.3) is 11.4 Å². The highest BCUT2D eigenvalue weighted by atomic mass is 79.9. The van der Waals surface area contributed by atoms with E-state index in [2.05, 4.69) is 45.8 Å². The number of anilines is 1. The van der Waals surface area contributed by atoms with Gasteiger partial charge in [0.2, 0.25) is 0 Å². The first kappa shape index (κ1) is 15.1. The second-order valence-corrected chi connectivity index (χ2v) is 6.24. The van der Waals surface area contributed by atoms with Crippen molar-refractivity contribution < 1.29 is 4.74 Å². The van der Waals surface area contributed by atoms with E-state index >= 15 is 0 Å². The van der Waals surface area contributed by atoms with Crippen LogP contribution in [-0.4, -0.2) is 33.2 Å². The Hall–Kier alpha value is -2.48. The van der Waals surface area contributed by atoms with E-state index in [1.165, 1.54) is 0 Å². The van der Waals surface area contributed by atoms with Crippen LogP contribution in [0.15, 0.2) is 40.2 Å². The number of halogens is 1. The van der Waals surface area contributed by atoms with Crippen LogP contribution in [0.3, 0.4) is 0 Å². The molecule has 24 heavy (non-hydrogen) atoms. The quantitative estimate of drug-likeness (QED) is 0.732. The Morgan fingerprint density at radius 1 is 1.38 bits per heavy atom. The molecule has 0 saturated heterocycles. The van der Waals surface area contributed by atoms with E-state index < -0.39 is 0 Å². The summed E-state index contributed by atoms with van der Waals surface area (Å²) in [5.74, 6) is 2.54. The van der Waals surface area contributed by atoms with Gasteiger partial charge < -0.3 is 14.6 Å². The molecule has 0 radical (unpaired) electrons. The third kappa shape index (κ3) is 2.62. The van der Waals surface area contributed by atoms with Gasteiger partial charge in [-0.3, -0.25) is 4.98 Å². The lowest BCUT2D eigenvalue weighted by Gasteiger charge is -2.25. The van der Waals surface area contributed by atoms with E-state index in [-0.39, 0.29) is 0 Å². The number of rotatable bonds is 2. The third-order valence-corrected chi connectivity index (χ3v) is 4.47. The molecule has 7 nitrogen and oxygen atoms in total. The summed E-state index contributed by atoms with van der Waals surface area (Å²) in [7, 11) is 1.60. The molecule has 3 aliphatic rings. The van der Waals surface area contributed by atoms with Crippen LogP contribution in [-0.2, 0) is 6.54 Å². The molecule has 0 aromatic carbocycles. The molecule has 8 heteroatoms. The Morgan fingerprint density at radius 3 is 3.17 bits per heavy atom. The van der Waals surface area contributed by atoms with Crippen LogP contribution in [0.1, 0.15) is 6.42 Å². The molecule has 0 amide bonds. The molecule has 0 aliphatic carbocycles. The molecular weight excluding hydrogens is 372 g/mol. The molecular formula is C16H15BrN6O. The molecule has 1 aromatic rings. The minimum Gasteiger partial charge on any atom is -0.494 e. The standard InChI is InChI=1S/C16H15BrN6O/c1-24-13-3-5-18-9-12(13)21-16-20-8-10-7-11(17)15-19-4-2-6-23(15)14(10)22-16/h3,5,7-9,19H,2,4,6H2,1H3. The molecule has 1 aromatic heterocycles. The van der Waals surface area contributed by atoms with E-state index in [1.807, 2.05) is 6.07 Å². The minimum atomic E-state index is 0.386. The number of aromatic nitrogens is 4. The highest BCUT2D eigenvalue weighted by Crippen LogP contribution is 2.32. The second kappa shape index (κ2) is 6.20. The molecule has 4 heterocycles. The number of hydrogen-bond donors (Lipinski definition) is 1. The fourth-order valence-corrected chi connectivity index (χ4v) is 3.36. The molecule has 0 atom stereocenters. The molecule has 122 valence electrons. The number of pyridine rings is 2. The van der Waals surface area contributed by atoms with Crippen LogP contribution in [0, 0.1) is 0 Å². The predicted octanol–water partition coefficient (Wildman–Crippen LogP) is 2.60. The van der Waals surface area contributed by atoms with Crippen molar-refractivity contribution in [3.8, 4) is 17.1 Å². The van der Waals surface area contributed by atoms with Gasteiger partial charge in [-0.2, -0.15) is 4.98 Å². The van der Waals surface area contributed by atoms with Crippen molar-refractivity contribution in [3.63, 3.8) is 0 Å². The van der Waals surface area contributed by atoms with Crippen LogP contribution in [0.5, 0.6) is 5.75 Å². The Balaban J connectivity index is 1.91. The van der Waals surface area contributed by atoms with Gasteiger partial charge in [-0.15, -0.1) is 0 Å². The summed E-state index contributed by atoms with van der Waals surface area (Å²) in [6.45, 7) is 1.87. The van der Waals surface area contributed by atoms with Gasteiger partial charge >= 0.3 is 0 Å². The molecule has 0 spiro atoms. The summed E-state index contributed by atoms with van der Waals surface area (Å²) in [4.78, 5) is 17.6. The van der Waals surface area contributed by atoms with Crippen molar-refractivity contribution in [2.75, 3.05) is 19.0 Å². The zero-order valence-corrected chi connectivity index (χ0v) is 14.6. The summed E-state index contributed by atoms with van der Waals surface area (Å²) in [6, 6.07) is 3.78.